The van der Waals surface area contributed by atoms with Crippen LogP contribution in [0.15, 0.2) is 63.7 Å². The maximum absolute atomic E-state index is 11.2. The van der Waals surface area contributed by atoms with Gasteiger partial charge in [-0.3, -0.25) is 4.99 Å². The summed E-state index contributed by atoms with van der Waals surface area (Å²) in [5, 5.41) is 9.19. The van der Waals surface area contributed by atoms with Crippen molar-refractivity contribution in [1.82, 2.24) is 0 Å². The van der Waals surface area contributed by atoms with E-state index < -0.39 is 12.0 Å². The number of aliphatic imine (C=N–C) groups is 1. The Kier molecular flexibility index (Phi) is 11.0. The average molecular weight is 416 g/mol. The maximum atomic E-state index is 11.2. The highest BCUT2D eigenvalue weighted by Crippen LogP contribution is 2.40. The summed E-state index contributed by atoms with van der Waals surface area (Å²) in [6.45, 7) is 11.0. The van der Waals surface area contributed by atoms with Crippen molar-refractivity contribution in [2.75, 3.05) is 12.0 Å². The van der Waals surface area contributed by atoms with Crippen molar-refractivity contribution in [1.29, 1.82) is 0 Å². The lowest BCUT2D eigenvalue weighted by molar-refractivity contribution is -0.138. The topological polar surface area (TPSA) is 49.7 Å². The minimum absolute atomic E-state index is 0.261. The average Bonchev–Trinajstić information content (AvgIpc) is 2.63. The first-order valence-electron chi connectivity index (χ1n) is 10.3. The molecule has 3 nitrogen and oxygen atoms in total. The first kappa shape index (κ1) is 25.2. The highest BCUT2D eigenvalue weighted by molar-refractivity contribution is 7.98. The van der Waals surface area contributed by atoms with Gasteiger partial charge in [-0.05, 0) is 81.1 Å². The van der Waals surface area contributed by atoms with Crippen LogP contribution in [0.5, 0.6) is 0 Å². The number of carboxylic acids is 1. The molecule has 1 N–H and O–H groups in total. The number of allylic oxidation sites excluding steroid dienone is 10. The number of aliphatic carboxylic acids is 1. The van der Waals surface area contributed by atoms with E-state index in [9.17, 15) is 9.90 Å². The Balaban J connectivity index is 2.69. The summed E-state index contributed by atoms with van der Waals surface area (Å²) in [5.74, 6) is -0.0732. The molecule has 29 heavy (non-hydrogen) atoms. The van der Waals surface area contributed by atoms with Crippen molar-refractivity contribution in [2.24, 2.45) is 10.4 Å². The predicted molar refractivity (Wildman–Crippen MR) is 129 cm³/mol. The van der Waals surface area contributed by atoms with Crippen LogP contribution in [0.1, 0.15) is 60.3 Å². The summed E-state index contributed by atoms with van der Waals surface area (Å²) >= 11 is 1.64. The van der Waals surface area contributed by atoms with Crippen LogP contribution in [-0.2, 0) is 4.79 Å². The molecule has 0 saturated carbocycles. The van der Waals surface area contributed by atoms with Crippen molar-refractivity contribution >= 4 is 23.9 Å². The van der Waals surface area contributed by atoms with E-state index in [0.717, 1.165) is 11.3 Å². The smallest absolute Gasteiger partial charge is 0.328 e. The monoisotopic (exact) mass is 415 g/mol. The number of hydrogen-bond acceptors (Lipinski definition) is 3. The number of hydrogen-bond donors (Lipinski definition) is 1. The fourth-order valence-electron chi connectivity index (χ4n) is 3.44. The molecule has 0 saturated heterocycles. The van der Waals surface area contributed by atoms with E-state index in [4.69, 9.17) is 0 Å². The fourth-order valence-corrected chi connectivity index (χ4v) is 3.90. The Morgan fingerprint density at radius 3 is 2.55 bits per heavy atom. The van der Waals surface area contributed by atoms with Crippen LogP contribution < -0.4 is 0 Å². The Hall–Kier alpha value is -1.81. The van der Waals surface area contributed by atoms with E-state index in [1.54, 1.807) is 18.0 Å². The van der Waals surface area contributed by atoms with E-state index in [1.807, 2.05) is 31.4 Å². The van der Waals surface area contributed by atoms with Gasteiger partial charge in [0.05, 0.1) is 0 Å². The second kappa shape index (κ2) is 12.7. The van der Waals surface area contributed by atoms with Crippen LogP contribution in [0.2, 0.25) is 0 Å². The second-order valence-corrected chi connectivity index (χ2v) is 9.36. The molecule has 0 aromatic rings. The molecule has 0 fully saturated rings. The van der Waals surface area contributed by atoms with E-state index in [0.29, 0.717) is 6.42 Å². The van der Waals surface area contributed by atoms with Crippen molar-refractivity contribution < 1.29 is 9.90 Å². The Morgan fingerprint density at radius 2 is 1.93 bits per heavy atom. The molecule has 0 heterocycles. The molecule has 1 unspecified atom stereocenters. The zero-order chi connectivity index (χ0) is 21.9. The van der Waals surface area contributed by atoms with Gasteiger partial charge in [-0.2, -0.15) is 11.8 Å². The number of rotatable bonds is 10. The molecule has 1 atom stereocenters. The standard InChI is InChI=1S/C25H37NO2S/c1-19(12-13-22-21(3)11-8-16-25(22,4)5)9-7-10-20(2)14-17-26-23(24(27)28)15-18-29-6/h7,9-10,12-14,17,23H,8,11,15-16,18H2,1-6H3,(H,27,28)/b10-7+,13-12+,19-9+,20-14+,26-17?. The van der Waals surface area contributed by atoms with Gasteiger partial charge in [0, 0.05) is 6.21 Å². The third-order valence-corrected chi connectivity index (χ3v) is 5.90. The maximum Gasteiger partial charge on any atom is 0.328 e. The van der Waals surface area contributed by atoms with E-state index in [-0.39, 0.29) is 5.41 Å². The van der Waals surface area contributed by atoms with E-state index in [1.165, 1.54) is 36.0 Å². The molecule has 0 aromatic carbocycles. The molecular weight excluding hydrogens is 378 g/mol. The van der Waals surface area contributed by atoms with Gasteiger partial charge in [0.25, 0.3) is 0 Å². The van der Waals surface area contributed by atoms with Crippen molar-refractivity contribution in [3.63, 3.8) is 0 Å². The molecular formula is C25H37NO2S. The summed E-state index contributed by atoms with van der Waals surface area (Å²) < 4.78 is 0. The number of nitrogens with zero attached hydrogens (tertiary/aromatic N) is 1. The van der Waals surface area contributed by atoms with Crippen LogP contribution >= 0.6 is 11.8 Å². The number of carboxylic acid groups (broad SMARTS) is 1. The van der Waals surface area contributed by atoms with Gasteiger partial charge >= 0.3 is 5.97 Å². The SMILES string of the molecule is CSCCC(N=C/C=C(C)/C=C/C=C(C)/C=C/C1=C(C)CCCC1(C)C)C(=O)O. The van der Waals surface area contributed by atoms with Gasteiger partial charge in [0.1, 0.15) is 6.04 Å². The number of carbonyl (C=O) groups is 1. The van der Waals surface area contributed by atoms with Gasteiger partial charge in [-0.25, -0.2) is 4.79 Å². The molecule has 0 spiro atoms. The molecule has 0 aromatic heterocycles. The minimum atomic E-state index is -0.867. The van der Waals surface area contributed by atoms with Crippen LogP contribution in [-0.4, -0.2) is 35.3 Å². The van der Waals surface area contributed by atoms with Crippen LogP contribution in [0.4, 0.5) is 0 Å². The van der Waals surface area contributed by atoms with Crippen LogP contribution in [0.25, 0.3) is 0 Å². The summed E-state index contributed by atoms with van der Waals surface area (Å²) in [6.07, 6.45) is 20.3. The van der Waals surface area contributed by atoms with E-state index in [2.05, 4.69) is 50.9 Å². The summed E-state index contributed by atoms with van der Waals surface area (Å²) in [6, 6.07) is -0.662. The predicted octanol–water partition coefficient (Wildman–Crippen LogP) is 6.80. The Bertz CT molecular complexity index is 736. The lowest BCUT2D eigenvalue weighted by atomic mass is 9.72. The zero-order valence-corrected chi connectivity index (χ0v) is 19.7. The fraction of sp³-hybridized carbons (Fsp3) is 0.520. The third kappa shape index (κ3) is 9.49. The minimum Gasteiger partial charge on any atom is -0.480 e. The molecule has 0 radical (unpaired) electrons. The van der Waals surface area contributed by atoms with Crippen molar-refractivity contribution in [3.8, 4) is 0 Å². The summed E-state index contributed by atoms with van der Waals surface area (Å²) in [7, 11) is 0. The normalized spacial score (nSPS) is 19.7. The van der Waals surface area contributed by atoms with Gasteiger partial charge in [0.2, 0.25) is 0 Å². The highest BCUT2D eigenvalue weighted by Gasteiger charge is 2.26. The van der Waals surface area contributed by atoms with Gasteiger partial charge < -0.3 is 5.11 Å². The molecule has 160 valence electrons. The van der Waals surface area contributed by atoms with Crippen molar-refractivity contribution in [3.05, 3.63) is 58.7 Å². The van der Waals surface area contributed by atoms with E-state index >= 15 is 0 Å². The largest absolute Gasteiger partial charge is 0.480 e. The lowest BCUT2D eigenvalue weighted by Gasteiger charge is -2.32. The zero-order valence-electron chi connectivity index (χ0n) is 18.9. The third-order valence-electron chi connectivity index (χ3n) is 5.26. The second-order valence-electron chi connectivity index (χ2n) is 8.38. The molecule has 0 bridgehead atoms. The lowest BCUT2D eigenvalue weighted by Crippen LogP contribution is -2.19. The molecule has 0 amide bonds. The van der Waals surface area contributed by atoms with Crippen LogP contribution in [0, 0.1) is 5.41 Å². The highest BCUT2D eigenvalue weighted by atomic mass is 32.2. The van der Waals surface area contributed by atoms with Crippen molar-refractivity contribution in [2.45, 2.75) is 66.3 Å². The first-order valence-corrected chi connectivity index (χ1v) is 11.7. The quantitative estimate of drug-likeness (QED) is 0.315. The number of thioether (sulfide) groups is 1. The Labute approximate surface area is 181 Å². The molecule has 4 heteroatoms. The molecule has 1 aliphatic rings. The molecule has 1 aliphatic carbocycles. The Morgan fingerprint density at radius 1 is 1.24 bits per heavy atom. The van der Waals surface area contributed by atoms with Gasteiger partial charge in [-0.15, -0.1) is 0 Å². The first-order chi connectivity index (χ1) is 13.7. The molecule has 1 rings (SSSR count). The summed E-state index contributed by atoms with van der Waals surface area (Å²) in [4.78, 5) is 15.4. The van der Waals surface area contributed by atoms with Crippen LogP contribution in [0.3, 0.4) is 0 Å². The summed E-state index contributed by atoms with van der Waals surface area (Å²) in [5.41, 5.74) is 5.48. The molecule has 0 aliphatic heterocycles. The van der Waals surface area contributed by atoms with Gasteiger partial charge in [0.15, 0.2) is 0 Å². The van der Waals surface area contributed by atoms with Gasteiger partial charge in [-0.1, -0.05) is 55.4 Å².